The van der Waals surface area contributed by atoms with E-state index < -0.39 is 0 Å². The molecule has 0 saturated heterocycles. The quantitative estimate of drug-likeness (QED) is 0.805. The minimum atomic E-state index is 0.410. The number of nitrogens with zero attached hydrogens (tertiary/aromatic N) is 2. The Morgan fingerprint density at radius 1 is 1.43 bits per heavy atom. The van der Waals surface area contributed by atoms with Gasteiger partial charge in [0.1, 0.15) is 0 Å². The number of hydrogen-bond acceptors (Lipinski definition) is 2. The molecule has 0 aliphatic rings. The molecule has 80 valence electrons. The molecular formula is C11H21N3. The van der Waals surface area contributed by atoms with E-state index in [0.29, 0.717) is 5.41 Å². The molecular weight excluding hydrogens is 174 g/mol. The Labute approximate surface area is 86.3 Å². The van der Waals surface area contributed by atoms with E-state index in [4.69, 9.17) is 5.73 Å². The maximum Gasteiger partial charge on any atom is 0.0822 e. The summed E-state index contributed by atoms with van der Waals surface area (Å²) >= 11 is 0. The number of anilines is 1. The fraction of sp³-hybridized carbons (Fsp3) is 0.727. The van der Waals surface area contributed by atoms with E-state index in [1.165, 1.54) is 6.42 Å². The van der Waals surface area contributed by atoms with Crippen LogP contribution in [0.3, 0.4) is 0 Å². The van der Waals surface area contributed by atoms with Gasteiger partial charge in [0.25, 0.3) is 0 Å². The Balaban J connectivity index is 2.39. The summed E-state index contributed by atoms with van der Waals surface area (Å²) in [6.07, 6.45) is 4.29. The number of nitrogen functional groups attached to an aromatic ring is 1. The van der Waals surface area contributed by atoms with E-state index in [9.17, 15) is 0 Å². The number of hydrogen-bond donors (Lipinski definition) is 1. The summed E-state index contributed by atoms with van der Waals surface area (Å²) in [6, 6.07) is 0. The van der Waals surface area contributed by atoms with Gasteiger partial charge < -0.3 is 5.73 Å². The van der Waals surface area contributed by atoms with Crippen molar-refractivity contribution in [3.8, 4) is 0 Å². The van der Waals surface area contributed by atoms with Gasteiger partial charge in [-0.1, -0.05) is 20.8 Å². The molecule has 1 rings (SSSR count). The summed E-state index contributed by atoms with van der Waals surface area (Å²) in [4.78, 5) is 0. The second kappa shape index (κ2) is 4.03. The highest BCUT2D eigenvalue weighted by molar-refractivity contribution is 5.39. The summed E-state index contributed by atoms with van der Waals surface area (Å²) in [5.74, 6) is 0. The molecule has 0 aliphatic carbocycles. The van der Waals surface area contributed by atoms with Crippen molar-refractivity contribution < 1.29 is 0 Å². The molecule has 0 aliphatic heterocycles. The molecule has 0 saturated carbocycles. The maximum atomic E-state index is 5.71. The first-order chi connectivity index (χ1) is 6.38. The molecule has 3 nitrogen and oxygen atoms in total. The van der Waals surface area contributed by atoms with Crippen LogP contribution in [0.2, 0.25) is 0 Å². The Morgan fingerprint density at radius 2 is 2.07 bits per heavy atom. The van der Waals surface area contributed by atoms with Gasteiger partial charge in [-0.15, -0.1) is 0 Å². The van der Waals surface area contributed by atoms with E-state index in [1.54, 1.807) is 0 Å². The molecule has 0 amide bonds. The van der Waals surface area contributed by atoms with Crippen molar-refractivity contribution in [3.05, 3.63) is 11.9 Å². The standard InChI is InChI=1S/C11H21N3/c1-9-10(12)8-14(13-9)7-5-6-11(2,3)4/h8H,5-7,12H2,1-4H3. The largest absolute Gasteiger partial charge is 0.396 e. The Bertz CT molecular complexity index is 274. The Kier molecular flexibility index (Phi) is 3.19. The van der Waals surface area contributed by atoms with Crippen molar-refractivity contribution in [2.24, 2.45) is 5.41 Å². The highest BCUT2D eigenvalue weighted by Gasteiger charge is 2.09. The van der Waals surface area contributed by atoms with E-state index in [1.807, 2.05) is 17.8 Å². The van der Waals surface area contributed by atoms with Gasteiger partial charge in [0.05, 0.1) is 11.4 Å². The van der Waals surface area contributed by atoms with Crippen LogP contribution in [0.5, 0.6) is 0 Å². The molecule has 0 bridgehead atoms. The third-order valence-corrected chi connectivity index (χ3v) is 2.30. The maximum absolute atomic E-state index is 5.71. The van der Waals surface area contributed by atoms with E-state index >= 15 is 0 Å². The lowest BCUT2D eigenvalue weighted by atomic mass is 9.91. The van der Waals surface area contributed by atoms with E-state index in [0.717, 1.165) is 24.3 Å². The van der Waals surface area contributed by atoms with Crippen molar-refractivity contribution in [3.63, 3.8) is 0 Å². The van der Waals surface area contributed by atoms with Crippen LogP contribution in [0.4, 0.5) is 5.69 Å². The van der Waals surface area contributed by atoms with Crippen LogP contribution >= 0.6 is 0 Å². The first-order valence-corrected chi connectivity index (χ1v) is 5.18. The number of aryl methyl sites for hydroxylation is 2. The van der Waals surface area contributed by atoms with Gasteiger partial charge in [0.15, 0.2) is 0 Å². The molecule has 0 atom stereocenters. The van der Waals surface area contributed by atoms with Crippen molar-refractivity contribution in [2.75, 3.05) is 5.73 Å². The normalized spacial score (nSPS) is 12.0. The molecule has 3 heteroatoms. The second-order valence-electron chi connectivity index (χ2n) is 5.10. The third-order valence-electron chi connectivity index (χ3n) is 2.30. The summed E-state index contributed by atoms with van der Waals surface area (Å²) in [7, 11) is 0. The molecule has 1 aromatic rings. The molecule has 14 heavy (non-hydrogen) atoms. The molecule has 1 heterocycles. The summed E-state index contributed by atoms with van der Waals surface area (Å²) in [5.41, 5.74) is 7.85. The lowest BCUT2D eigenvalue weighted by Gasteiger charge is -2.17. The predicted molar refractivity (Wildman–Crippen MR) is 60.1 cm³/mol. The molecule has 1 aromatic heterocycles. The van der Waals surface area contributed by atoms with Crippen LogP contribution in [0.1, 0.15) is 39.3 Å². The van der Waals surface area contributed by atoms with Crippen molar-refractivity contribution in [1.82, 2.24) is 9.78 Å². The van der Waals surface area contributed by atoms with Crippen LogP contribution in [-0.4, -0.2) is 9.78 Å². The second-order valence-corrected chi connectivity index (χ2v) is 5.10. The van der Waals surface area contributed by atoms with Gasteiger partial charge in [0, 0.05) is 12.7 Å². The zero-order valence-corrected chi connectivity index (χ0v) is 9.67. The van der Waals surface area contributed by atoms with E-state index in [2.05, 4.69) is 25.9 Å². The SMILES string of the molecule is Cc1nn(CCCC(C)(C)C)cc1N. The monoisotopic (exact) mass is 195 g/mol. The highest BCUT2D eigenvalue weighted by atomic mass is 15.3. The van der Waals surface area contributed by atoms with Gasteiger partial charge in [-0.2, -0.15) is 5.10 Å². The van der Waals surface area contributed by atoms with Crippen molar-refractivity contribution in [2.45, 2.75) is 47.1 Å². The van der Waals surface area contributed by atoms with Crippen LogP contribution in [0.15, 0.2) is 6.20 Å². The lowest BCUT2D eigenvalue weighted by molar-refractivity contribution is 0.349. The van der Waals surface area contributed by atoms with Gasteiger partial charge in [-0.3, -0.25) is 4.68 Å². The van der Waals surface area contributed by atoms with Crippen LogP contribution in [-0.2, 0) is 6.54 Å². The molecule has 0 fully saturated rings. The van der Waals surface area contributed by atoms with Gasteiger partial charge in [-0.05, 0) is 25.2 Å². The number of rotatable bonds is 3. The van der Waals surface area contributed by atoms with Gasteiger partial charge in [-0.25, -0.2) is 0 Å². The number of nitrogens with two attached hydrogens (primary N) is 1. The predicted octanol–water partition coefficient (Wildman–Crippen LogP) is 2.60. The zero-order chi connectivity index (χ0) is 10.8. The average Bonchev–Trinajstić information content (AvgIpc) is 2.28. The first-order valence-electron chi connectivity index (χ1n) is 5.18. The Hall–Kier alpha value is -0.990. The van der Waals surface area contributed by atoms with Gasteiger partial charge in [0.2, 0.25) is 0 Å². The topological polar surface area (TPSA) is 43.8 Å². The van der Waals surface area contributed by atoms with E-state index in [-0.39, 0.29) is 0 Å². The average molecular weight is 195 g/mol. The minimum Gasteiger partial charge on any atom is -0.396 e. The summed E-state index contributed by atoms with van der Waals surface area (Å²) in [5, 5.41) is 4.32. The molecule has 0 unspecified atom stereocenters. The summed E-state index contributed by atoms with van der Waals surface area (Å²) in [6.45, 7) is 9.69. The minimum absolute atomic E-state index is 0.410. The van der Waals surface area contributed by atoms with Crippen LogP contribution in [0.25, 0.3) is 0 Å². The zero-order valence-electron chi connectivity index (χ0n) is 9.67. The van der Waals surface area contributed by atoms with Crippen LogP contribution in [0, 0.1) is 12.3 Å². The van der Waals surface area contributed by atoms with Gasteiger partial charge >= 0.3 is 0 Å². The highest BCUT2D eigenvalue weighted by Crippen LogP contribution is 2.21. The number of aromatic nitrogens is 2. The molecule has 2 N–H and O–H groups in total. The fourth-order valence-electron chi connectivity index (χ4n) is 1.42. The first kappa shape index (κ1) is 11.1. The van der Waals surface area contributed by atoms with Crippen LogP contribution < -0.4 is 5.73 Å². The molecule has 0 spiro atoms. The lowest BCUT2D eigenvalue weighted by Crippen LogP contribution is -2.07. The smallest absolute Gasteiger partial charge is 0.0822 e. The fourth-order valence-corrected chi connectivity index (χ4v) is 1.42. The van der Waals surface area contributed by atoms with Crippen molar-refractivity contribution >= 4 is 5.69 Å². The van der Waals surface area contributed by atoms with Crippen molar-refractivity contribution in [1.29, 1.82) is 0 Å². The molecule has 0 radical (unpaired) electrons. The third kappa shape index (κ3) is 3.40. The molecule has 0 aromatic carbocycles. The Morgan fingerprint density at radius 3 is 2.50 bits per heavy atom. The summed E-state index contributed by atoms with van der Waals surface area (Å²) < 4.78 is 1.94.